The van der Waals surface area contributed by atoms with Crippen LogP contribution in [0.25, 0.3) is 11.5 Å². The summed E-state index contributed by atoms with van der Waals surface area (Å²) in [5, 5.41) is 19.2. The highest BCUT2D eigenvalue weighted by Gasteiger charge is 2.07. The highest BCUT2D eigenvalue weighted by atomic mass is 19.1. The highest BCUT2D eigenvalue weighted by molar-refractivity contribution is 5.51. The minimum absolute atomic E-state index is 0.0545. The van der Waals surface area contributed by atoms with Crippen molar-refractivity contribution in [1.82, 2.24) is 15.5 Å². The predicted molar refractivity (Wildman–Crippen MR) is 58.5 cm³/mol. The number of hydrogen-bond donors (Lipinski definition) is 2. The van der Waals surface area contributed by atoms with E-state index in [0.717, 1.165) is 0 Å². The van der Waals surface area contributed by atoms with Gasteiger partial charge in [-0.1, -0.05) is 0 Å². The minimum atomic E-state index is -0.307. The number of aromatic nitrogens is 2. The van der Waals surface area contributed by atoms with Crippen LogP contribution in [0.15, 0.2) is 28.7 Å². The summed E-state index contributed by atoms with van der Waals surface area (Å²) in [4.78, 5) is 0. The van der Waals surface area contributed by atoms with Gasteiger partial charge in [0.1, 0.15) is 5.82 Å². The maximum Gasteiger partial charge on any atom is 0.247 e. The Kier molecular flexibility index (Phi) is 3.79. The number of aliphatic hydroxyl groups excluding tert-OH is 1. The van der Waals surface area contributed by atoms with Crippen molar-refractivity contribution < 1.29 is 13.9 Å². The second-order valence-electron chi connectivity index (χ2n) is 3.41. The Morgan fingerprint density at radius 2 is 2.00 bits per heavy atom. The first kappa shape index (κ1) is 11.7. The molecule has 0 bridgehead atoms. The first-order valence-electron chi connectivity index (χ1n) is 5.19. The van der Waals surface area contributed by atoms with Crippen LogP contribution in [-0.4, -0.2) is 28.5 Å². The third kappa shape index (κ3) is 3.08. The van der Waals surface area contributed by atoms with Gasteiger partial charge in [0, 0.05) is 12.1 Å². The molecule has 0 radical (unpaired) electrons. The summed E-state index contributed by atoms with van der Waals surface area (Å²) < 4.78 is 18.1. The van der Waals surface area contributed by atoms with Gasteiger partial charge in [-0.05, 0) is 24.3 Å². The van der Waals surface area contributed by atoms with Crippen molar-refractivity contribution in [3.63, 3.8) is 0 Å². The second-order valence-corrected chi connectivity index (χ2v) is 3.41. The number of aliphatic hydroxyl groups is 1. The first-order valence-corrected chi connectivity index (χ1v) is 5.19. The Bertz CT molecular complexity index is 470. The molecule has 1 aromatic heterocycles. The predicted octanol–water partition coefficient (Wildman–Crippen LogP) is 0.958. The van der Waals surface area contributed by atoms with E-state index in [2.05, 4.69) is 15.5 Å². The largest absolute Gasteiger partial charge is 0.419 e. The average Bonchev–Trinajstić information content (AvgIpc) is 2.79. The van der Waals surface area contributed by atoms with Crippen LogP contribution in [0, 0.1) is 5.82 Å². The number of rotatable bonds is 5. The van der Waals surface area contributed by atoms with Gasteiger partial charge in [-0.15, -0.1) is 10.2 Å². The van der Waals surface area contributed by atoms with Gasteiger partial charge in [0.2, 0.25) is 11.8 Å². The minimum Gasteiger partial charge on any atom is -0.419 e. The third-order valence-electron chi connectivity index (χ3n) is 2.12. The molecule has 0 fully saturated rings. The summed E-state index contributed by atoms with van der Waals surface area (Å²) in [6.07, 6.45) is 0. The van der Waals surface area contributed by atoms with Gasteiger partial charge in [-0.3, -0.25) is 0 Å². The summed E-state index contributed by atoms with van der Waals surface area (Å²) in [7, 11) is 0. The molecular weight excluding hydrogens is 225 g/mol. The number of nitrogens with zero attached hydrogens (tertiary/aromatic N) is 2. The van der Waals surface area contributed by atoms with Crippen LogP contribution in [0.4, 0.5) is 4.39 Å². The van der Waals surface area contributed by atoms with Crippen molar-refractivity contribution in [2.75, 3.05) is 13.2 Å². The molecule has 0 spiro atoms. The normalized spacial score (nSPS) is 10.7. The molecule has 0 amide bonds. The summed E-state index contributed by atoms with van der Waals surface area (Å²) in [5.41, 5.74) is 0.673. The maximum absolute atomic E-state index is 12.7. The van der Waals surface area contributed by atoms with E-state index in [1.165, 1.54) is 12.1 Å². The van der Waals surface area contributed by atoms with Crippen molar-refractivity contribution in [1.29, 1.82) is 0 Å². The molecule has 1 heterocycles. The fraction of sp³-hybridized carbons (Fsp3) is 0.273. The molecule has 5 nitrogen and oxygen atoms in total. The molecular formula is C11H12FN3O2. The number of nitrogens with one attached hydrogen (secondary N) is 1. The lowest BCUT2D eigenvalue weighted by Gasteiger charge is -1.96. The Morgan fingerprint density at radius 3 is 2.71 bits per heavy atom. The zero-order valence-electron chi connectivity index (χ0n) is 9.06. The quantitative estimate of drug-likeness (QED) is 0.758. The fourth-order valence-corrected chi connectivity index (χ4v) is 1.31. The van der Waals surface area contributed by atoms with Gasteiger partial charge in [-0.25, -0.2) is 4.39 Å². The smallest absolute Gasteiger partial charge is 0.247 e. The van der Waals surface area contributed by atoms with Crippen molar-refractivity contribution in [3.05, 3.63) is 36.0 Å². The van der Waals surface area contributed by atoms with Gasteiger partial charge in [0.25, 0.3) is 0 Å². The van der Waals surface area contributed by atoms with E-state index in [1.807, 2.05) is 0 Å². The summed E-state index contributed by atoms with van der Waals surface area (Å²) in [5.74, 6) is 0.474. The van der Waals surface area contributed by atoms with Gasteiger partial charge in [0.05, 0.1) is 13.2 Å². The molecule has 0 saturated heterocycles. The van der Waals surface area contributed by atoms with Gasteiger partial charge < -0.3 is 14.8 Å². The van der Waals surface area contributed by atoms with E-state index < -0.39 is 0 Å². The molecule has 6 heteroatoms. The Balaban J connectivity index is 2.04. The summed E-state index contributed by atoms with van der Waals surface area (Å²) in [6.45, 7) is 0.919. The average molecular weight is 237 g/mol. The van der Waals surface area contributed by atoms with Crippen molar-refractivity contribution in [3.8, 4) is 11.5 Å². The van der Waals surface area contributed by atoms with E-state index >= 15 is 0 Å². The molecule has 2 N–H and O–H groups in total. The van der Waals surface area contributed by atoms with E-state index in [-0.39, 0.29) is 12.4 Å². The molecule has 17 heavy (non-hydrogen) atoms. The van der Waals surface area contributed by atoms with Crippen LogP contribution in [-0.2, 0) is 6.54 Å². The van der Waals surface area contributed by atoms with Gasteiger partial charge >= 0.3 is 0 Å². The van der Waals surface area contributed by atoms with E-state index in [4.69, 9.17) is 9.52 Å². The molecule has 0 unspecified atom stereocenters. The molecule has 0 aliphatic rings. The Hall–Kier alpha value is -1.79. The Labute approximate surface area is 97.3 Å². The molecule has 90 valence electrons. The number of hydrogen-bond acceptors (Lipinski definition) is 5. The van der Waals surface area contributed by atoms with Crippen molar-refractivity contribution in [2.45, 2.75) is 6.54 Å². The molecule has 0 saturated carbocycles. The zero-order valence-corrected chi connectivity index (χ0v) is 9.06. The fourth-order valence-electron chi connectivity index (χ4n) is 1.31. The highest BCUT2D eigenvalue weighted by Crippen LogP contribution is 2.17. The van der Waals surface area contributed by atoms with Gasteiger partial charge in [-0.2, -0.15) is 0 Å². The molecule has 2 rings (SSSR count). The lowest BCUT2D eigenvalue weighted by molar-refractivity contribution is 0.289. The maximum atomic E-state index is 12.7. The molecule has 0 aliphatic carbocycles. The molecule has 2 aromatic rings. The third-order valence-corrected chi connectivity index (χ3v) is 2.12. The van der Waals surface area contributed by atoms with Crippen molar-refractivity contribution in [2.24, 2.45) is 0 Å². The molecule has 1 aromatic carbocycles. The monoisotopic (exact) mass is 237 g/mol. The van der Waals surface area contributed by atoms with Crippen LogP contribution in [0.1, 0.15) is 5.89 Å². The second kappa shape index (κ2) is 5.51. The number of halogens is 1. The van der Waals surface area contributed by atoms with E-state index in [0.29, 0.717) is 30.4 Å². The van der Waals surface area contributed by atoms with Crippen molar-refractivity contribution >= 4 is 0 Å². The lowest BCUT2D eigenvalue weighted by atomic mass is 10.2. The summed E-state index contributed by atoms with van der Waals surface area (Å²) in [6, 6.07) is 5.83. The van der Waals surface area contributed by atoms with Crippen LogP contribution >= 0.6 is 0 Å². The molecule has 0 aliphatic heterocycles. The van der Waals surface area contributed by atoms with E-state index in [9.17, 15) is 4.39 Å². The SMILES string of the molecule is OCCNCc1nnc(-c2ccc(F)cc2)o1. The zero-order chi connectivity index (χ0) is 12.1. The summed E-state index contributed by atoms with van der Waals surface area (Å²) >= 11 is 0. The van der Waals surface area contributed by atoms with Gasteiger partial charge in [0.15, 0.2) is 0 Å². The molecule has 0 atom stereocenters. The topological polar surface area (TPSA) is 71.2 Å². The van der Waals surface area contributed by atoms with Crippen LogP contribution in [0.2, 0.25) is 0 Å². The standard InChI is InChI=1S/C11H12FN3O2/c12-9-3-1-8(2-4-9)11-15-14-10(17-11)7-13-5-6-16/h1-4,13,16H,5-7H2. The van der Waals surface area contributed by atoms with Crippen LogP contribution in [0.5, 0.6) is 0 Å². The number of benzene rings is 1. The van der Waals surface area contributed by atoms with Crippen LogP contribution < -0.4 is 5.32 Å². The Morgan fingerprint density at radius 1 is 1.24 bits per heavy atom. The lowest BCUT2D eigenvalue weighted by Crippen LogP contribution is -2.17. The van der Waals surface area contributed by atoms with Crippen LogP contribution in [0.3, 0.4) is 0 Å². The van der Waals surface area contributed by atoms with E-state index in [1.54, 1.807) is 12.1 Å². The first-order chi connectivity index (χ1) is 8.29.